The van der Waals surface area contributed by atoms with Crippen LogP contribution in [0.2, 0.25) is 0 Å². The van der Waals surface area contributed by atoms with E-state index in [4.69, 9.17) is 4.74 Å². The molecule has 1 aliphatic rings. The number of nitrogens with one attached hydrogen (secondary N) is 1. The van der Waals surface area contributed by atoms with Gasteiger partial charge in [-0.1, -0.05) is 30.3 Å². The fourth-order valence-corrected chi connectivity index (χ4v) is 3.38. The summed E-state index contributed by atoms with van der Waals surface area (Å²) in [6.45, 7) is 3.59. The quantitative estimate of drug-likeness (QED) is 0.643. The monoisotopic (exact) mass is 413 g/mol. The normalized spacial score (nSPS) is 13.8. The summed E-state index contributed by atoms with van der Waals surface area (Å²) in [5.41, 5.74) is 1.18. The third-order valence-electron chi connectivity index (χ3n) is 5.06. The molecule has 0 bridgehead atoms. The minimum atomic E-state index is -0.412. The molecule has 3 rings (SSSR count). The van der Waals surface area contributed by atoms with Crippen LogP contribution in [0.5, 0.6) is 5.75 Å². The van der Waals surface area contributed by atoms with Gasteiger partial charge in [-0.05, 0) is 30.7 Å². The Kier molecular flexibility index (Phi) is 8.06. The van der Waals surface area contributed by atoms with E-state index in [-0.39, 0.29) is 30.6 Å². The predicted molar refractivity (Wildman–Crippen MR) is 114 cm³/mol. The van der Waals surface area contributed by atoms with Crippen molar-refractivity contribution in [2.45, 2.75) is 19.3 Å². The number of halogens is 1. The van der Waals surface area contributed by atoms with Gasteiger partial charge < -0.3 is 19.9 Å². The van der Waals surface area contributed by atoms with E-state index < -0.39 is 5.82 Å². The average molecular weight is 413 g/mol. The van der Waals surface area contributed by atoms with E-state index in [9.17, 15) is 14.0 Å². The lowest BCUT2D eigenvalue weighted by Gasteiger charge is -2.36. The van der Waals surface area contributed by atoms with E-state index in [0.717, 1.165) is 13.1 Å². The third-order valence-corrected chi connectivity index (χ3v) is 5.06. The SMILES string of the molecule is O=C(CCCOc1ccccc1F)NCCC(=O)N1CCN(c2ccccc2)CC1. The van der Waals surface area contributed by atoms with Crippen LogP contribution in [0.1, 0.15) is 19.3 Å². The summed E-state index contributed by atoms with van der Waals surface area (Å²) in [5.74, 6) is -0.291. The van der Waals surface area contributed by atoms with Gasteiger partial charge in [0.15, 0.2) is 11.6 Å². The average Bonchev–Trinajstić information content (AvgIpc) is 2.78. The minimum absolute atomic E-state index is 0.0610. The van der Waals surface area contributed by atoms with Gasteiger partial charge in [0.25, 0.3) is 0 Å². The van der Waals surface area contributed by atoms with Crippen LogP contribution >= 0.6 is 0 Å². The summed E-state index contributed by atoms with van der Waals surface area (Å²) in [4.78, 5) is 28.4. The smallest absolute Gasteiger partial charge is 0.224 e. The number of piperazine rings is 1. The maximum absolute atomic E-state index is 13.4. The molecule has 1 aliphatic heterocycles. The third kappa shape index (κ3) is 6.47. The lowest BCUT2D eigenvalue weighted by Crippen LogP contribution is -2.49. The highest BCUT2D eigenvalue weighted by Gasteiger charge is 2.20. The van der Waals surface area contributed by atoms with Gasteiger partial charge in [-0.3, -0.25) is 9.59 Å². The van der Waals surface area contributed by atoms with E-state index in [1.807, 2.05) is 23.1 Å². The second-order valence-corrected chi connectivity index (χ2v) is 7.19. The number of anilines is 1. The Hall–Kier alpha value is -3.09. The number of nitrogens with zero attached hydrogens (tertiary/aromatic N) is 2. The van der Waals surface area contributed by atoms with Crippen molar-refractivity contribution >= 4 is 17.5 Å². The summed E-state index contributed by atoms with van der Waals surface area (Å²) in [6, 6.07) is 16.4. The molecule has 1 fully saturated rings. The molecule has 2 aromatic carbocycles. The van der Waals surface area contributed by atoms with Crippen LogP contribution in [0, 0.1) is 5.82 Å². The zero-order valence-corrected chi connectivity index (χ0v) is 17.1. The number of carbonyl (C=O) groups excluding carboxylic acids is 2. The topological polar surface area (TPSA) is 61.9 Å². The highest BCUT2D eigenvalue weighted by Crippen LogP contribution is 2.16. The van der Waals surface area contributed by atoms with Crippen LogP contribution in [0.4, 0.5) is 10.1 Å². The molecule has 6 nitrogen and oxygen atoms in total. The van der Waals surface area contributed by atoms with E-state index in [1.54, 1.807) is 18.2 Å². The molecule has 0 aromatic heterocycles. The zero-order valence-electron chi connectivity index (χ0n) is 17.1. The molecule has 1 N–H and O–H groups in total. The van der Waals surface area contributed by atoms with Crippen molar-refractivity contribution in [2.24, 2.45) is 0 Å². The number of benzene rings is 2. The van der Waals surface area contributed by atoms with E-state index >= 15 is 0 Å². The summed E-state index contributed by atoms with van der Waals surface area (Å²) in [7, 11) is 0. The molecule has 0 aliphatic carbocycles. The van der Waals surface area contributed by atoms with Crippen LogP contribution in [0.15, 0.2) is 54.6 Å². The molecule has 2 aromatic rings. The van der Waals surface area contributed by atoms with Crippen LogP contribution in [-0.2, 0) is 9.59 Å². The lowest BCUT2D eigenvalue weighted by molar-refractivity contribution is -0.131. The molecule has 0 radical (unpaired) electrons. The molecule has 0 unspecified atom stereocenters. The zero-order chi connectivity index (χ0) is 21.2. The number of para-hydroxylation sites is 2. The van der Waals surface area contributed by atoms with Crippen LogP contribution < -0.4 is 15.0 Å². The number of rotatable bonds is 9. The molecular formula is C23H28FN3O3. The Bertz CT molecular complexity index is 823. The van der Waals surface area contributed by atoms with Crippen molar-refractivity contribution in [3.05, 3.63) is 60.4 Å². The first kappa shape index (κ1) is 21.6. The van der Waals surface area contributed by atoms with Crippen molar-refractivity contribution in [1.29, 1.82) is 0 Å². The van der Waals surface area contributed by atoms with Crippen molar-refractivity contribution in [1.82, 2.24) is 10.2 Å². The van der Waals surface area contributed by atoms with Crippen LogP contribution in [-0.4, -0.2) is 56.0 Å². The van der Waals surface area contributed by atoms with E-state index in [2.05, 4.69) is 22.3 Å². The van der Waals surface area contributed by atoms with Crippen molar-refractivity contribution in [2.75, 3.05) is 44.2 Å². The fourth-order valence-electron chi connectivity index (χ4n) is 3.38. The first-order chi connectivity index (χ1) is 14.6. The highest BCUT2D eigenvalue weighted by atomic mass is 19.1. The number of amides is 2. The molecule has 0 spiro atoms. The maximum atomic E-state index is 13.4. The molecule has 1 saturated heterocycles. The van der Waals surface area contributed by atoms with Crippen molar-refractivity contribution in [3.63, 3.8) is 0 Å². The van der Waals surface area contributed by atoms with Gasteiger partial charge in [-0.2, -0.15) is 0 Å². The Morgan fingerprint density at radius 1 is 0.933 bits per heavy atom. The molecule has 30 heavy (non-hydrogen) atoms. The molecule has 7 heteroatoms. The van der Waals surface area contributed by atoms with E-state index in [1.165, 1.54) is 11.8 Å². The Morgan fingerprint density at radius 3 is 2.37 bits per heavy atom. The molecule has 1 heterocycles. The summed E-state index contributed by atoms with van der Waals surface area (Å²) < 4.78 is 18.8. The minimum Gasteiger partial charge on any atom is -0.491 e. The second kappa shape index (κ2) is 11.2. The fraction of sp³-hybridized carbons (Fsp3) is 0.391. The van der Waals surface area contributed by atoms with E-state index in [0.29, 0.717) is 32.5 Å². The number of carbonyl (C=O) groups is 2. The lowest BCUT2D eigenvalue weighted by atomic mass is 10.2. The standard InChI is InChI=1S/C23H28FN3O3/c24-20-9-4-5-10-21(20)30-18-6-11-22(28)25-13-12-23(29)27-16-14-26(15-17-27)19-7-2-1-3-8-19/h1-5,7-10H,6,11-18H2,(H,25,28). The van der Waals surface area contributed by atoms with Gasteiger partial charge >= 0.3 is 0 Å². The first-order valence-electron chi connectivity index (χ1n) is 10.4. The Balaban J connectivity index is 1.26. The largest absolute Gasteiger partial charge is 0.491 e. The molecule has 0 saturated carbocycles. The number of ether oxygens (including phenoxy) is 1. The summed E-state index contributed by atoms with van der Waals surface area (Å²) >= 11 is 0. The van der Waals surface area contributed by atoms with Gasteiger partial charge in [0.2, 0.25) is 11.8 Å². The predicted octanol–water partition coefficient (Wildman–Crippen LogP) is 2.84. The first-order valence-corrected chi connectivity index (χ1v) is 10.4. The Labute approximate surface area is 176 Å². The molecule has 2 amide bonds. The highest BCUT2D eigenvalue weighted by molar-refractivity contribution is 5.79. The van der Waals surface area contributed by atoms with Crippen molar-refractivity contribution < 1.29 is 18.7 Å². The van der Waals surface area contributed by atoms with Crippen molar-refractivity contribution in [3.8, 4) is 5.75 Å². The summed E-state index contributed by atoms with van der Waals surface area (Å²) in [6.07, 6.45) is 1.05. The number of hydrogen-bond acceptors (Lipinski definition) is 4. The number of hydrogen-bond donors (Lipinski definition) is 1. The molecular weight excluding hydrogens is 385 g/mol. The van der Waals surface area contributed by atoms with Gasteiger partial charge in [0.1, 0.15) is 0 Å². The Morgan fingerprint density at radius 2 is 1.63 bits per heavy atom. The van der Waals surface area contributed by atoms with Gasteiger partial charge in [0, 0.05) is 51.3 Å². The summed E-state index contributed by atoms with van der Waals surface area (Å²) in [5, 5.41) is 2.77. The van der Waals surface area contributed by atoms with Gasteiger partial charge in [0.05, 0.1) is 6.61 Å². The van der Waals surface area contributed by atoms with Gasteiger partial charge in [-0.15, -0.1) is 0 Å². The molecule has 0 atom stereocenters. The second-order valence-electron chi connectivity index (χ2n) is 7.19. The molecule has 160 valence electrons. The van der Waals surface area contributed by atoms with Crippen LogP contribution in [0.25, 0.3) is 0 Å². The maximum Gasteiger partial charge on any atom is 0.224 e. The van der Waals surface area contributed by atoms with Gasteiger partial charge in [-0.25, -0.2) is 4.39 Å². The van der Waals surface area contributed by atoms with Crippen LogP contribution in [0.3, 0.4) is 0 Å².